The second-order valence-corrected chi connectivity index (χ2v) is 11.3. The van der Waals surface area contributed by atoms with Gasteiger partial charge < -0.3 is 18.7 Å². The van der Waals surface area contributed by atoms with Crippen LogP contribution >= 0.6 is 0 Å². The third kappa shape index (κ3) is 4.00. The Labute approximate surface area is 128 Å². The van der Waals surface area contributed by atoms with Crippen molar-refractivity contribution < 1.29 is 18.7 Å². The highest BCUT2D eigenvalue weighted by Gasteiger charge is 2.39. The molecular formula is C16H26O4Si. The predicted molar refractivity (Wildman–Crippen MR) is 87.1 cm³/mol. The maximum absolute atomic E-state index is 11.0. The third-order valence-corrected chi connectivity index (χ3v) is 8.40. The maximum Gasteiger partial charge on any atom is 0.250 e. The van der Waals surface area contributed by atoms with Gasteiger partial charge in [-0.3, -0.25) is 0 Å². The van der Waals surface area contributed by atoms with Crippen molar-refractivity contribution in [3.8, 4) is 17.2 Å². The predicted octanol–water partition coefficient (Wildman–Crippen LogP) is 3.83. The molecule has 4 nitrogen and oxygen atoms in total. The van der Waals surface area contributed by atoms with Crippen molar-refractivity contribution in [3.05, 3.63) is 17.7 Å². The number of hydrogen-bond acceptors (Lipinski definition) is 4. The van der Waals surface area contributed by atoms with E-state index >= 15 is 0 Å². The second kappa shape index (κ2) is 6.51. The molecule has 0 saturated carbocycles. The number of hydrogen-bond donors (Lipinski definition) is 0. The van der Waals surface area contributed by atoms with Crippen LogP contribution in [0, 0.1) is 0 Å². The number of aldehydes is 1. The molecular weight excluding hydrogens is 284 g/mol. The SMILES string of the molecule is COc1cc(OC)c(CC=O)c(O[Si](C)(C)C(C)(C)C)c1. The molecule has 21 heavy (non-hydrogen) atoms. The summed E-state index contributed by atoms with van der Waals surface area (Å²) in [6, 6.07) is 3.61. The molecule has 1 aromatic carbocycles. The van der Waals surface area contributed by atoms with Gasteiger partial charge in [0.05, 0.1) is 14.2 Å². The number of carbonyl (C=O) groups excluding carboxylic acids is 1. The highest BCUT2D eigenvalue weighted by atomic mass is 28.4. The summed E-state index contributed by atoms with van der Waals surface area (Å²) in [7, 11) is 1.18. The van der Waals surface area contributed by atoms with Crippen LogP contribution in [0.4, 0.5) is 0 Å². The average Bonchev–Trinajstić information content (AvgIpc) is 2.38. The van der Waals surface area contributed by atoms with Gasteiger partial charge in [-0.25, -0.2) is 0 Å². The maximum atomic E-state index is 11.0. The molecule has 0 N–H and O–H groups in total. The Hall–Kier alpha value is -1.49. The van der Waals surface area contributed by atoms with Crippen molar-refractivity contribution >= 4 is 14.6 Å². The van der Waals surface area contributed by atoms with Gasteiger partial charge in [-0.05, 0) is 18.1 Å². The number of ether oxygens (including phenoxy) is 2. The fourth-order valence-electron chi connectivity index (χ4n) is 1.70. The van der Waals surface area contributed by atoms with Crippen LogP contribution in [0.25, 0.3) is 0 Å². The molecule has 0 unspecified atom stereocenters. The van der Waals surface area contributed by atoms with E-state index in [1.807, 2.05) is 6.07 Å². The molecule has 0 spiro atoms. The van der Waals surface area contributed by atoms with Gasteiger partial charge in [-0.15, -0.1) is 0 Å². The Bertz CT molecular complexity index is 504. The van der Waals surface area contributed by atoms with Gasteiger partial charge in [0.15, 0.2) is 0 Å². The Morgan fingerprint density at radius 1 is 1.10 bits per heavy atom. The van der Waals surface area contributed by atoms with Crippen LogP contribution in [0.5, 0.6) is 17.2 Å². The summed E-state index contributed by atoms with van der Waals surface area (Å²) in [6.07, 6.45) is 1.12. The summed E-state index contributed by atoms with van der Waals surface area (Å²) in [5.74, 6) is 1.97. The van der Waals surface area contributed by atoms with E-state index in [0.717, 1.165) is 11.8 Å². The van der Waals surface area contributed by atoms with Crippen LogP contribution < -0.4 is 13.9 Å². The van der Waals surface area contributed by atoms with Crippen molar-refractivity contribution in [2.24, 2.45) is 0 Å². The third-order valence-electron chi connectivity index (χ3n) is 4.06. The molecule has 1 aromatic rings. The molecule has 1 rings (SSSR count). The summed E-state index contributed by atoms with van der Waals surface area (Å²) in [6.45, 7) is 10.9. The van der Waals surface area contributed by atoms with Crippen LogP contribution in [0.15, 0.2) is 12.1 Å². The molecule has 0 amide bonds. The molecule has 0 aliphatic carbocycles. The average molecular weight is 310 g/mol. The van der Waals surface area contributed by atoms with Gasteiger partial charge in [0.2, 0.25) is 8.32 Å². The Morgan fingerprint density at radius 2 is 1.67 bits per heavy atom. The van der Waals surface area contributed by atoms with Gasteiger partial charge in [0.25, 0.3) is 0 Å². The molecule has 0 aliphatic rings. The summed E-state index contributed by atoms with van der Waals surface area (Å²) >= 11 is 0. The Kier molecular flexibility index (Phi) is 5.45. The van der Waals surface area contributed by atoms with Crippen molar-refractivity contribution in [1.29, 1.82) is 0 Å². The van der Waals surface area contributed by atoms with E-state index in [4.69, 9.17) is 13.9 Å². The first-order chi connectivity index (χ1) is 9.66. The van der Waals surface area contributed by atoms with Gasteiger partial charge >= 0.3 is 0 Å². The Morgan fingerprint density at radius 3 is 2.10 bits per heavy atom. The van der Waals surface area contributed by atoms with Gasteiger partial charge in [-0.2, -0.15) is 0 Å². The van der Waals surface area contributed by atoms with E-state index < -0.39 is 8.32 Å². The van der Waals surface area contributed by atoms with E-state index in [2.05, 4.69) is 33.9 Å². The summed E-state index contributed by atoms with van der Waals surface area (Å²) in [5, 5.41) is 0.0712. The quantitative estimate of drug-likeness (QED) is 0.592. The molecule has 0 radical (unpaired) electrons. The van der Waals surface area contributed by atoms with Crippen LogP contribution in [0.2, 0.25) is 18.1 Å². The fourth-order valence-corrected chi connectivity index (χ4v) is 2.74. The van der Waals surface area contributed by atoms with E-state index in [1.54, 1.807) is 20.3 Å². The van der Waals surface area contributed by atoms with Crippen LogP contribution in [0.1, 0.15) is 26.3 Å². The minimum atomic E-state index is -2.00. The number of rotatable bonds is 6. The first kappa shape index (κ1) is 17.6. The van der Waals surface area contributed by atoms with E-state index in [-0.39, 0.29) is 11.5 Å². The highest BCUT2D eigenvalue weighted by Crippen LogP contribution is 2.41. The van der Waals surface area contributed by atoms with Crippen LogP contribution in [0.3, 0.4) is 0 Å². The van der Waals surface area contributed by atoms with Crippen molar-refractivity contribution in [3.63, 3.8) is 0 Å². The van der Waals surface area contributed by atoms with Gasteiger partial charge in [-0.1, -0.05) is 20.8 Å². The van der Waals surface area contributed by atoms with E-state index in [1.165, 1.54) is 0 Å². The fraction of sp³-hybridized carbons (Fsp3) is 0.562. The lowest BCUT2D eigenvalue weighted by atomic mass is 10.1. The second-order valence-electron chi connectivity index (χ2n) is 6.54. The van der Waals surface area contributed by atoms with Gasteiger partial charge in [0, 0.05) is 24.1 Å². The minimum Gasteiger partial charge on any atom is -0.543 e. The molecule has 0 bridgehead atoms. The molecule has 0 aromatic heterocycles. The first-order valence-electron chi connectivity index (χ1n) is 7.04. The lowest BCUT2D eigenvalue weighted by Crippen LogP contribution is -2.44. The van der Waals surface area contributed by atoms with Gasteiger partial charge in [0.1, 0.15) is 23.5 Å². The largest absolute Gasteiger partial charge is 0.543 e. The monoisotopic (exact) mass is 310 g/mol. The zero-order valence-corrected chi connectivity index (χ0v) is 15.1. The molecule has 0 heterocycles. The molecule has 118 valence electrons. The molecule has 0 aliphatic heterocycles. The summed E-state index contributed by atoms with van der Waals surface area (Å²) < 4.78 is 17.0. The van der Waals surface area contributed by atoms with Crippen LogP contribution in [-0.4, -0.2) is 28.8 Å². The normalized spacial score (nSPS) is 12.0. The molecule has 0 fully saturated rings. The molecule has 0 saturated heterocycles. The summed E-state index contributed by atoms with van der Waals surface area (Å²) in [5.41, 5.74) is 0.776. The minimum absolute atomic E-state index is 0.0712. The summed E-state index contributed by atoms with van der Waals surface area (Å²) in [4.78, 5) is 11.0. The first-order valence-corrected chi connectivity index (χ1v) is 9.94. The number of carbonyl (C=O) groups is 1. The van der Waals surface area contributed by atoms with Crippen LogP contribution in [-0.2, 0) is 11.2 Å². The van der Waals surface area contributed by atoms with Crippen molar-refractivity contribution in [1.82, 2.24) is 0 Å². The zero-order valence-electron chi connectivity index (χ0n) is 14.1. The lowest BCUT2D eigenvalue weighted by Gasteiger charge is -2.37. The smallest absolute Gasteiger partial charge is 0.250 e. The Balaban J connectivity index is 3.35. The topological polar surface area (TPSA) is 44.8 Å². The number of benzene rings is 1. The van der Waals surface area contributed by atoms with E-state index in [0.29, 0.717) is 17.2 Å². The molecule has 5 heteroatoms. The standard InChI is InChI=1S/C16H26O4Si/c1-16(2,3)21(6,7)20-15-11-12(18-4)10-14(19-5)13(15)8-9-17/h9-11H,8H2,1-7H3. The molecule has 0 atom stereocenters. The zero-order chi connectivity index (χ0) is 16.3. The lowest BCUT2D eigenvalue weighted by molar-refractivity contribution is -0.107. The van der Waals surface area contributed by atoms with Crippen molar-refractivity contribution in [2.75, 3.05) is 14.2 Å². The van der Waals surface area contributed by atoms with E-state index in [9.17, 15) is 4.79 Å². The van der Waals surface area contributed by atoms with Crippen molar-refractivity contribution in [2.45, 2.75) is 45.3 Å². The highest BCUT2D eigenvalue weighted by molar-refractivity contribution is 6.74. The number of methoxy groups -OCH3 is 2.